The summed E-state index contributed by atoms with van der Waals surface area (Å²) in [6.07, 6.45) is 1.79. The summed E-state index contributed by atoms with van der Waals surface area (Å²) in [6, 6.07) is 14.7. The zero-order valence-corrected chi connectivity index (χ0v) is 22.5. The summed E-state index contributed by atoms with van der Waals surface area (Å²) in [6.45, 7) is 4.14. The number of rotatable bonds is 5. The highest BCUT2D eigenvalue weighted by Crippen LogP contribution is 2.54. The molecule has 7 nitrogen and oxygen atoms in total. The number of ether oxygens (including phenoxy) is 7. The van der Waals surface area contributed by atoms with Gasteiger partial charge in [-0.15, -0.1) is 0 Å². The molecule has 39 heavy (non-hydrogen) atoms. The Morgan fingerprint density at radius 2 is 1.59 bits per heavy atom. The molecule has 4 atom stereocenters. The molecule has 0 N–H and O–H groups in total. The molecule has 1 fully saturated rings. The zero-order valence-electron chi connectivity index (χ0n) is 22.5. The Labute approximate surface area is 227 Å². The lowest BCUT2D eigenvalue weighted by Crippen LogP contribution is -2.43. The molecule has 0 saturated carbocycles. The van der Waals surface area contributed by atoms with Crippen molar-refractivity contribution < 1.29 is 37.5 Å². The van der Waals surface area contributed by atoms with Crippen molar-refractivity contribution in [1.29, 1.82) is 0 Å². The molecule has 0 amide bonds. The van der Waals surface area contributed by atoms with Crippen LogP contribution in [-0.4, -0.2) is 39.6 Å². The van der Waals surface area contributed by atoms with E-state index in [0.29, 0.717) is 34.1 Å². The van der Waals surface area contributed by atoms with Crippen LogP contribution in [0.1, 0.15) is 54.4 Å². The monoisotopic (exact) mass is 534 g/mol. The molecule has 0 aliphatic carbocycles. The van der Waals surface area contributed by atoms with Crippen LogP contribution in [0.15, 0.2) is 54.6 Å². The van der Waals surface area contributed by atoms with Gasteiger partial charge in [-0.3, -0.25) is 0 Å². The Bertz CT molecular complexity index is 1420. The molecule has 3 aliphatic heterocycles. The summed E-state index contributed by atoms with van der Waals surface area (Å²) < 4.78 is 57.8. The maximum absolute atomic E-state index is 16.3. The number of halogens is 1. The number of hydrogen-bond acceptors (Lipinski definition) is 7. The Kier molecular flexibility index (Phi) is 6.40. The third kappa shape index (κ3) is 4.47. The highest BCUT2D eigenvalue weighted by Gasteiger charge is 2.47. The van der Waals surface area contributed by atoms with E-state index in [2.05, 4.69) is 0 Å². The van der Waals surface area contributed by atoms with Gasteiger partial charge in [0, 0.05) is 28.7 Å². The Balaban J connectivity index is 1.47. The van der Waals surface area contributed by atoms with Gasteiger partial charge >= 0.3 is 0 Å². The van der Waals surface area contributed by atoms with E-state index in [9.17, 15) is 0 Å². The van der Waals surface area contributed by atoms with E-state index in [1.165, 1.54) is 0 Å². The van der Waals surface area contributed by atoms with E-state index >= 15 is 4.39 Å². The Morgan fingerprint density at radius 1 is 0.846 bits per heavy atom. The molecule has 0 unspecified atom stereocenters. The first-order chi connectivity index (χ1) is 18.8. The number of fused-ring (bicyclic) bond motifs is 4. The molecular formula is C31H31FO7. The summed E-state index contributed by atoms with van der Waals surface area (Å²) in [5.41, 5.74) is 1.89. The minimum absolute atomic E-state index is 0.267. The highest BCUT2D eigenvalue weighted by molar-refractivity contribution is 5.63. The second-order valence-electron chi connectivity index (χ2n) is 10.3. The smallest absolute Gasteiger partial charge is 0.185 e. The first-order valence-electron chi connectivity index (χ1n) is 12.9. The fraction of sp³-hybridized carbons (Fsp3) is 0.355. The largest absolute Gasteiger partial charge is 0.497 e. The van der Waals surface area contributed by atoms with Gasteiger partial charge in [-0.25, -0.2) is 4.39 Å². The van der Waals surface area contributed by atoms with Crippen molar-refractivity contribution in [2.75, 3.05) is 27.9 Å². The van der Waals surface area contributed by atoms with Crippen molar-refractivity contribution in [1.82, 2.24) is 0 Å². The molecule has 1 saturated heterocycles. The first kappa shape index (κ1) is 25.5. The average molecular weight is 535 g/mol. The van der Waals surface area contributed by atoms with Gasteiger partial charge in [0.2, 0.25) is 0 Å². The van der Waals surface area contributed by atoms with Gasteiger partial charge in [0.05, 0.1) is 33.0 Å². The van der Waals surface area contributed by atoms with Gasteiger partial charge in [-0.05, 0) is 56.3 Å². The third-order valence-electron chi connectivity index (χ3n) is 7.46. The van der Waals surface area contributed by atoms with Crippen LogP contribution in [0, 0.1) is 5.82 Å². The molecular weight excluding hydrogens is 503 g/mol. The SMILES string of the molecule is COc1ccc([C@@H]2O[C@@H]3COc4cc(OC)c(OC)cc4[C@@H]3[C@H](c3ccc4c(c3F)C=CC(C)(C)O4)O2)cc1. The van der Waals surface area contributed by atoms with Crippen LogP contribution in [0.25, 0.3) is 6.08 Å². The summed E-state index contributed by atoms with van der Waals surface area (Å²) in [5, 5.41) is 0. The van der Waals surface area contributed by atoms with Crippen molar-refractivity contribution in [3.05, 3.63) is 82.7 Å². The van der Waals surface area contributed by atoms with Gasteiger partial charge in [0.25, 0.3) is 0 Å². The molecule has 3 aromatic carbocycles. The summed E-state index contributed by atoms with van der Waals surface area (Å²) in [7, 11) is 4.76. The molecule has 0 aromatic heterocycles. The molecule has 0 bridgehead atoms. The lowest BCUT2D eigenvalue weighted by Gasteiger charge is -2.45. The Morgan fingerprint density at radius 3 is 2.31 bits per heavy atom. The molecule has 3 heterocycles. The zero-order chi connectivity index (χ0) is 27.3. The van der Waals surface area contributed by atoms with Crippen molar-refractivity contribution in [2.45, 2.75) is 43.9 Å². The molecule has 6 rings (SSSR count). The lowest BCUT2D eigenvalue weighted by molar-refractivity contribution is -0.269. The second-order valence-corrected chi connectivity index (χ2v) is 10.3. The highest BCUT2D eigenvalue weighted by atomic mass is 19.1. The lowest BCUT2D eigenvalue weighted by atomic mass is 9.81. The van der Waals surface area contributed by atoms with Crippen LogP contribution in [0.4, 0.5) is 4.39 Å². The number of hydrogen-bond donors (Lipinski definition) is 0. The number of methoxy groups -OCH3 is 3. The minimum Gasteiger partial charge on any atom is -0.497 e. The topological polar surface area (TPSA) is 64.6 Å². The van der Waals surface area contributed by atoms with Crippen LogP contribution < -0.4 is 23.7 Å². The average Bonchev–Trinajstić information content (AvgIpc) is 2.95. The second kappa shape index (κ2) is 9.77. The summed E-state index contributed by atoms with van der Waals surface area (Å²) in [5.74, 6) is 2.17. The van der Waals surface area contributed by atoms with Crippen LogP contribution in [0.5, 0.6) is 28.7 Å². The molecule has 0 radical (unpaired) electrons. The van der Waals surface area contributed by atoms with Crippen LogP contribution >= 0.6 is 0 Å². The van der Waals surface area contributed by atoms with E-state index in [0.717, 1.165) is 16.9 Å². The normalized spacial score (nSPS) is 24.4. The third-order valence-corrected chi connectivity index (χ3v) is 7.46. The predicted octanol–water partition coefficient (Wildman–Crippen LogP) is 6.37. The summed E-state index contributed by atoms with van der Waals surface area (Å²) >= 11 is 0. The van der Waals surface area contributed by atoms with Crippen molar-refractivity contribution in [3.63, 3.8) is 0 Å². The van der Waals surface area contributed by atoms with E-state index in [1.807, 2.05) is 56.3 Å². The molecule has 3 aliphatic rings. The van der Waals surface area contributed by atoms with Gasteiger partial charge in [-0.2, -0.15) is 0 Å². The van der Waals surface area contributed by atoms with E-state index in [-0.39, 0.29) is 18.3 Å². The van der Waals surface area contributed by atoms with E-state index in [1.54, 1.807) is 39.5 Å². The van der Waals surface area contributed by atoms with Crippen molar-refractivity contribution in [2.24, 2.45) is 0 Å². The maximum atomic E-state index is 16.3. The van der Waals surface area contributed by atoms with Gasteiger partial charge in [-0.1, -0.05) is 12.1 Å². The van der Waals surface area contributed by atoms with Gasteiger partial charge < -0.3 is 33.2 Å². The van der Waals surface area contributed by atoms with Gasteiger partial charge in [0.1, 0.15) is 41.4 Å². The molecule has 204 valence electrons. The fourth-order valence-corrected chi connectivity index (χ4v) is 5.47. The van der Waals surface area contributed by atoms with Crippen LogP contribution in [0.3, 0.4) is 0 Å². The van der Waals surface area contributed by atoms with Crippen molar-refractivity contribution >= 4 is 6.08 Å². The van der Waals surface area contributed by atoms with Gasteiger partial charge in [0.15, 0.2) is 17.8 Å². The summed E-state index contributed by atoms with van der Waals surface area (Å²) in [4.78, 5) is 0. The minimum atomic E-state index is -0.742. The molecule has 3 aromatic rings. The standard InChI is InChI=1S/C31H31FO7/c1-31(2)13-12-19-22(39-31)11-10-20(28(19)32)29-27-21-14-24(34-4)25(35-5)15-23(21)36-16-26(27)37-30(38-29)17-6-8-18(33-3)9-7-17/h6-15,26-27,29-30H,16H2,1-5H3/t26-,27+,29+,30-/m1/s1. The van der Waals surface area contributed by atoms with E-state index in [4.69, 9.17) is 33.2 Å². The predicted molar refractivity (Wildman–Crippen MR) is 142 cm³/mol. The molecule has 8 heteroatoms. The van der Waals surface area contributed by atoms with Crippen LogP contribution in [-0.2, 0) is 9.47 Å². The fourth-order valence-electron chi connectivity index (χ4n) is 5.47. The maximum Gasteiger partial charge on any atom is 0.185 e. The quantitative estimate of drug-likeness (QED) is 0.377. The number of benzene rings is 3. The van der Waals surface area contributed by atoms with Crippen molar-refractivity contribution in [3.8, 4) is 28.7 Å². The van der Waals surface area contributed by atoms with E-state index < -0.39 is 24.1 Å². The molecule has 0 spiro atoms. The first-order valence-corrected chi connectivity index (χ1v) is 12.9. The Hall–Kier alpha value is -3.75. The van der Waals surface area contributed by atoms with Crippen LogP contribution in [0.2, 0.25) is 0 Å².